The van der Waals surface area contributed by atoms with Crippen LogP contribution in [0.25, 0.3) is 0 Å². The molecule has 62 valence electrons. The van der Waals surface area contributed by atoms with E-state index in [1.807, 2.05) is 0 Å². The molecular formula is C8H12O3. The maximum atomic E-state index is 11.2. The minimum atomic E-state index is -0.789. The molecule has 3 nitrogen and oxygen atoms in total. The third kappa shape index (κ3) is 1.05. The molecule has 0 aromatic carbocycles. The molecule has 3 heteroatoms. The Bertz CT molecular complexity index is 207. The second kappa shape index (κ2) is 2.66. The molecule has 1 rings (SSSR count). The van der Waals surface area contributed by atoms with Gasteiger partial charge >= 0.3 is 0 Å². The van der Waals surface area contributed by atoms with Crippen molar-refractivity contribution in [3.63, 3.8) is 0 Å². The molecule has 1 aliphatic rings. The summed E-state index contributed by atoms with van der Waals surface area (Å²) >= 11 is 0. The van der Waals surface area contributed by atoms with Gasteiger partial charge in [-0.3, -0.25) is 4.79 Å². The van der Waals surface area contributed by atoms with Crippen molar-refractivity contribution in [3.05, 3.63) is 11.8 Å². The lowest BCUT2D eigenvalue weighted by molar-refractivity contribution is -0.118. The van der Waals surface area contributed by atoms with Crippen LogP contribution in [0.15, 0.2) is 11.8 Å². The van der Waals surface area contributed by atoms with Gasteiger partial charge in [0.05, 0.1) is 17.9 Å². The maximum absolute atomic E-state index is 11.2. The van der Waals surface area contributed by atoms with Crippen LogP contribution in [0.3, 0.4) is 0 Å². The Balaban J connectivity index is 2.96. The molecule has 3 unspecified atom stereocenters. The monoisotopic (exact) mass is 156 g/mol. The Labute approximate surface area is 65.3 Å². The fraction of sp³-hybridized carbons (Fsp3) is 0.625. The quantitative estimate of drug-likeness (QED) is 0.400. The predicted octanol–water partition coefficient (Wildman–Crippen LogP) is 0.644. The van der Waals surface area contributed by atoms with Crippen molar-refractivity contribution in [1.29, 1.82) is 0 Å². The SMILES string of the molecule is CC1C(=O)C(=CO)C(O)C1C. The van der Waals surface area contributed by atoms with Gasteiger partial charge in [-0.25, -0.2) is 0 Å². The Hall–Kier alpha value is -0.830. The number of hydrogen-bond acceptors (Lipinski definition) is 3. The van der Waals surface area contributed by atoms with Crippen molar-refractivity contribution in [3.8, 4) is 0 Å². The summed E-state index contributed by atoms with van der Waals surface area (Å²) in [5.74, 6) is -0.406. The fourth-order valence-electron chi connectivity index (χ4n) is 1.34. The van der Waals surface area contributed by atoms with Crippen LogP contribution < -0.4 is 0 Å². The van der Waals surface area contributed by atoms with Gasteiger partial charge in [-0.1, -0.05) is 13.8 Å². The normalized spacial score (nSPS) is 41.9. The molecule has 11 heavy (non-hydrogen) atoms. The lowest BCUT2D eigenvalue weighted by Gasteiger charge is -2.09. The Morgan fingerprint density at radius 2 is 2.00 bits per heavy atom. The summed E-state index contributed by atoms with van der Waals surface area (Å²) in [4.78, 5) is 11.2. The molecule has 1 aliphatic carbocycles. The van der Waals surface area contributed by atoms with Gasteiger partial charge in [0, 0.05) is 5.92 Å². The highest BCUT2D eigenvalue weighted by Gasteiger charge is 2.40. The smallest absolute Gasteiger partial charge is 0.167 e. The number of aliphatic hydroxyl groups is 2. The molecule has 1 saturated carbocycles. The number of carbonyl (C=O) groups is 1. The zero-order valence-electron chi connectivity index (χ0n) is 6.61. The number of rotatable bonds is 0. The molecule has 0 aliphatic heterocycles. The number of hydrogen-bond donors (Lipinski definition) is 2. The van der Waals surface area contributed by atoms with Crippen LogP contribution in [0.4, 0.5) is 0 Å². The summed E-state index contributed by atoms with van der Waals surface area (Å²) in [7, 11) is 0. The lowest BCUT2D eigenvalue weighted by atomic mass is 9.99. The minimum Gasteiger partial charge on any atom is -0.515 e. The average Bonchev–Trinajstić information content (AvgIpc) is 2.17. The van der Waals surface area contributed by atoms with Gasteiger partial charge in [-0.15, -0.1) is 0 Å². The van der Waals surface area contributed by atoms with Gasteiger partial charge in [0.25, 0.3) is 0 Å². The van der Waals surface area contributed by atoms with Crippen LogP contribution in [-0.4, -0.2) is 22.1 Å². The van der Waals surface area contributed by atoms with Crippen molar-refractivity contribution < 1.29 is 15.0 Å². The Morgan fingerprint density at radius 3 is 2.18 bits per heavy atom. The summed E-state index contributed by atoms with van der Waals surface area (Å²) in [5.41, 5.74) is 0.144. The van der Waals surface area contributed by atoms with E-state index in [9.17, 15) is 9.90 Å². The number of ketones is 1. The molecule has 0 spiro atoms. The van der Waals surface area contributed by atoms with Crippen molar-refractivity contribution in [2.45, 2.75) is 20.0 Å². The molecular weight excluding hydrogens is 144 g/mol. The molecule has 0 amide bonds. The molecule has 0 bridgehead atoms. The maximum Gasteiger partial charge on any atom is 0.167 e. The highest BCUT2D eigenvalue weighted by molar-refractivity contribution is 6.00. The largest absolute Gasteiger partial charge is 0.515 e. The topological polar surface area (TPSA) is 57.5 Å². The van der Waals surface area contributed by atoms with E-state index in [2.05, 4.69) is 0 Å². The van der Waals surface area contributed by atoms with E-state index in [1.54, 1.807) is 13.8 Å². The molecule has 0 aromatic rings. The van der Waals surface area contributed by atoms with Gasteiger partial charge in [0.15, 0.2) is 5.78 Å². The third-order valence-electron chi connectivity index (χ3n) is 2.44. The van der Waals surface area contributed by atoms with E-state index >= 15 is 0 Å². The fourth-order valence-corrected chi connectivity index (χ4v) is 1.34. The molecule has 0 saturated heterocycles. The summed E-state index contributed by atoms with van der Waals surface area (Å²) in [6.07, 6.45) is -0.0741. The van der Waals surface area contributed by atoms with Gasteiger partial charge in [0.2, 0.25) is 0 Å². The summed E-state index contributed by atoms with van der Waals surface area (Å²) in [6.45, 7) is 3.55. The van der Waals surface area contributed by atoms with Gasteiger partial charge in [-0.05, 0) is 5.92 Å². The highest BCUT2D eigenvalue weighted by atomic mass is 16.3. The average molecular weight is 156 g/mol. The first-order valence-electron chi connectivity index (χ1n) is 3.66. The summed E-state index contributed by atoms with van der Waals surface area (Å²) in [5, 5.41) is 17.9. The van der Waals surface area contributed by atoms with E-state index in [1.165, 1.54) is 0 Å². The van der Waals surface area contributed by atoms with Crippen LogP contribution in [0.1, 0.15) is 13.8 Å². The van der Waals surface area contributed by atoms with Gasteiger partial charge in [-0.2, -0.15) is 0 Å². The number of Topliss-reactive ketones (excluding diaryl/α,β-unsaturated/α-hetero) is 1. The molecule has 1 fully saturated rings. The van der Waals surface area contributed by atoms with E-state index in [0.29, 0.717) is 6.26 Å². The molecule has 2 N–H and O–H groups in total. The third-order valence-corrected chi connectivity index (χ3v) is 2.44. The van der Waals surface area contributed by atoms with E-state index in [-0.39, 0.29) is 23.2 Å². The van der Waals surface area contributed by atoms with Crippen molar-refractivity contribution >= 4 is 5.78 Å². The van der Waals surface area contributed by atoms with Gasteiger partial charge < -0.3 is 10.2 Å². The van der Waals surface area contributed by atoms with Crippen LogP contribution >= 0.6 is 0 Å². The van der Waals surface area contributed by atoms with Crippen molar-refractivity contribution in [2.24, 2.45) is 11.8 Å². The Morgan fingerprint density at radius 1 is 1.45 bits per heavy atom. The van der Waals surface area contributed by atoms with Gasteiger partial charge in [0.1, 0.15) is 0 Å². The minimum absolute atomic E-state index is 0.0825. The highest BCUT2D eigenvalue weighted by Crippen LogP contribution is 2.31. The van der Waals surface area contributed by atoms with Crippen LogP contribution in [0.2, 0.25) is 0 Å². The van der Waals surface area contributed by atoms with E-state index < -0.39 is 6.10 Å². The van der Waals surface area contributed by atoms with Crippen LogP contribution in [0.5, 0.6) is 0 Å². The lowest BCUT2D eigenvalue weighted by Crippen LogP contribution is -2.14. The van der Waals surface area contributed by atoms with Crippen molar-refractivity contribution in [1.82, 2.24) is 0 Å². The predicted molar refractivity (Wildman–Crippen MR) is 40.1 cm³/mol. The summed E-state index contributed by atoms with van der Waals surface area (Å²) < 4.78 is 0. The second-order valence-electron chi connectivity index (χ2n) is 3.04. The number of aliphatic hydroxyl groups excluding tert-OH is 2. The molecule has 3 atom stereocenters. The molecule has 0 heterocycles. The first-order valence-corrected chi connectivity index (χ1v) is 3.66. The summed E-state index contributed by atoms with van der Waals surface area (Å²) in [6, 6.07) is 0. The second-order valence-corrected chi connectivity index (χ2v) is 3.04. The van der Waals surface area contributed by atoms with E-state index in [4.69, 9.17) is 5.11 Å². The number of carbonyl (C=O) groups excluding carboxylic acids is 1. The molecule has 0 radical (unpaired) electrons. The zero-order valence-corrected chi connectivity index (χ0v) is 6.61. The Kier molecular flexibility index (Phi) is 2.00. The van der Waals surface area contributed by atoms with E-state index in [0.717, 1.165) is 0 Å². The van der Waals surface area contributed by atoms with Crippen LogP contribution in [-0.2, 0) is 4.79 Å². The van der Waals surface area contributed by atoms with Crippen LogP contribution in [0, 0.1) is 11.8 Å². The molecule has 0 aromatic heterocycles. The standard InChI is InChI=1S/C8H12O3/c1-4-5(2)8(11)6(3-9)7(4)10/h3-5,7,9-10H,1-2H3. The zero-order chi connectivity index (χ0) is 8.59. The first kappa shape index (κ1) is 8.27. The first-order chi connectivity index (χ1) is 5.09. The van der Waals surface area contributed by atoms with Crippen molar-refractivity contribution in [2.75, 3.05) is 0 Å².